The number of nitrogens with zero attached hydrogens (tertiary/aromatic N) is 1. The number of hydrogen-bond acceptors (Lipinski definition) is 2. The Kier molecular flexibility index (Phi) is 4.27. The number of aromatic nitrogens is 2. The Bertz CT molecular complexity index is 511. The predicted molar refractivity (Wildman–Crippen MR) is 75.0 cm³/mol. The molecule has 1 heterocycles. The molecule has 0 aliphatic rings. The highest BCUT2D eigenvalue weighted by Crippen LogP contribution is 2.30. The summed E-state index contributed by atoms with van der Waals surface area (Å²) in [6, 6.07) is 5.87. The molecule has 2 atom stereocenters. The smallest absolute Gasteiger partial charge is 0.122 e. The van der Waals surface area contributed by atoms with E-state index >= 15 is 0 Å². The molecular formula is C13H15Cl2N3. The molecule has 2 aromatic rings. The van der Waals surface area contributed by atoms with Gasteiger partial charge in [0.1, 0.15) is 5.82 Å². The van der Waals surface area contributed by atoms with Crippen molar-refractivity contribution in [2.45, 2.75) is 25.9 Å². The van der Waals surface area contributed by atoms with E-state index in [1.807, 2.05) is 25.3 Å². The molecule has 1 aromatic carbocycles. The van der Waals surface area contributed by atoms with E-state index in [-0.39, 0.29) is 12.1 Å². The minimum absolute atomic E-state index is 0.0938. The largest absolute Gasteiger partial charge is 0.347 e. The minimum atomic E-state index is 0.0938. The van der Waals surface area contributed by atoms with Gasteiger partial charge in [0.2, 0.25) is 0 Å². The molecule has 0 fully saturated rings. The zero-order valence-corrected chi connectivity index (χ0v) is 11.8. The fourth-order valence-electron chi connectivity index (χ4n) is 1.91. The first-order valence-electron chi connectivity index (χ1n) is 5.79. The second kappa shape index (κ2) is 5.74. The number of hydrogen-bond donors (Lipinski definition) is 2. The number of halogens is 2. The van der Waals surface area contributed by atoms with E-state index in [9.17, 15) is 0 Å². The summed E-state index contributed by atoms with van der Waals surface area (Å²) in [5.41, 5.74) is 0.988. The molecule has 0 radical (unpaired) electrons. The van der Waals surface area contributed by atoms with E-state index in [4.69, 9.17) is 23.2 Å². The summed E-state index contributed by atoms with van der Waals surface area (Å²) in [7, 11) is 0. The summed E-state index contributed by atoms with van der Waals surface area (Å²) in [5, 5.41) is 4.61. The van der Waals surface area contributed by atoms with Gasteiger partial charge in [0.15, 0.2) is 0 Å². The van der Waals surface area contributed by atoms with Crippen molar-refractivity contribution in [3.63, 3.8) is 0 Å². The minimum Gasteiger partial charge on any atom is -0.347 e. The lowest BCUT2D eigenvalue weighted by molar-refractivity contribution is 0.479. The molecule has 0 aliphatic carbocycles. The quantitative estimate of drug-likeness (QED) is 0.886. The van der Waals surface area contributed by atoms with E-state index in [0.29, 0.717) is 10.0 Å². The number of H-pyrrole nitrogens is 1. The average molecular weight is 284 g/mol. The van der Waals surface area contributed by atoms with E-state index in [2.05, 4.69) is 22.2 Å². The molecule has 96 valence electrons. The van der Waals surface area contributed by atoms with Gasteiger partial charge in [0, 0.05) is 18.4 Å². The van der Waals surface area contributed by atoms with Gasteiger partial charge in [-0.3, -0.25) is 0 Å². The van der Waals surface area contributed by atoms with Crippen LogP contribution in [-0.4, -0.2) is 9.97 Å². The van der Waals surface area contributed by atoms with Gasteiger partial charge in [-0.1, -0.05) is 35.3 Å². The van der Waals surface area contributed by atoms with E-state index in [0.717, 1.165) is 11.4 Å². The maximum Gasteiger partial charge on any atom is 0.122 e. The normalized spacial score (nSPS) is 14.4. The van der Waals surface area contributed by atoms with Crippen molar-refractivity contribution >= 4 is 23.2 Å². The highest BCUT2D eigenvalue weighted by Gasteiger charge is 2.15. The lowest BCUT2D eigenvalue weighted by Crippen LogP contribution is -2.23. The first-order valence-corrected chi connectivity index (χ1v) is 6.54. The Hall–Kier alpha value is -1.03. The molecule has 3 nitrogen and oxygen atoms in total. The Balaban J connectivity index is 2.12. The molecule has 0 amide bonds. The van der Waals surface area contributed by atoms with Crippen LogP contribution in [-0.2, 0) is 0 Å². The van der Waals surface area contributed by atoms with Crippen molar-refractivity contribution in [1.29, 1.82) is 0 Å². The number of nitrogens with one attached hydrogen (secondary N) is 2. The second-order valence-electron chi connectivity index (χ2n) is 4.23. The first kappa shape index (κ1) is 13.4. The number of aromatic amines is 1. The average Bonchev–Trinajstić information content (AvgIpc) is 2.86. The standard InChI is InChI=1S/C13H15Cl2N3/c1-8(10-4-3-5-11(14)12(10)15)18-9(2)13-16-6-7-17-13/h3-9,18H,1-2H3,(H,16,17). The molecule has 2 rings (SSSR count). The predicted octanol–water partition coefficient (Wildman–Crippen LogP) is 4.13. The van der Waals surface area contributed by atoms with Crippen molar-refractivity contribution in [2.75, 3.05) is 0 Å². The van der Waals surface area contributed by atoms with Crippen LogP contribution in [0.2, 0.25) is 10.0 Å². The molecular weight excluding hydrogens is 269 g/mol. The van der Waals surface area contributed by atoms with E-state index < -0.39 is 0 Å². The number of benzene rings is 1. The van der Waals surface area contributed by atoms with Gasteiger partial charge in [-0.2, -0.15) is 0 Å². The Morgan fingerprint density at radius 3 is 2.67 bits per heavy atom. The van der Waals surface area contributed by atoms with Gasteiger partial charge in [-0.15, -0.1) is 0 Å². The molecule has 18 heavy (non-hydrogen) atoms. The van der Waals surface area contributed by atoms with Crippen LogP contribution in [0.5, 0.6) is 0 Å². The first-order chi connectivity index (χ1) is 8.59. The van der Waals surface area contributed by atoms with Crippen molar-refractivity contribution < 1.29 is 0 Å². The van der Waals surface area contributed by atoms with Crippen LogP contribution in [0.25, 0.3) is 0 Å². The van der Waals surface area contributed by atoms with Gasteiger partial charge in [-0.25, -0.2) is 4.98 Å². The van der Waals surface area contributed by atoms with Crippen molar-refractivity contribution in [2.24, 2.45) is 0 Å². The van der Waals surface area contributed by atoms with Crippen molar-refractivity contribution in [1.82, 2.24) is 15.3 Å². The summed E-state index contributed by atoms with van der Waals surface area (Å²) in [5.74, 6) is 0.903. The van der Waals surface area contributed by atoms with E-state index in [1.54, 1.807) is 12.3 Å². The molecule has 2 N–H and O–H groups in total. The fraction of sp³-hybridized carbons (Fsp3) is 0.308. The third-order valence-corrected chi connectivity index (χ3v) is 3.71. The maximum absolute atomic E-state index is 6.20. The molecule has 2 unspecified atom stereocenters. The van der Waals surface area contributed by atoms with Crippen molar-refractivity contribution in [3.05, 3.63) is 52.0 Å². The van der Waals surface area contributed by atoms with Crippen LogP contribution >= 0.6 is 23.2 Å². The zero-order valence-electron chi connectivity index (χ0n) is 10.2. The SMILES string of the molecule is CC(NC(C)c1cccc(Cl)c1Cl)c1ncc[nH]1. The highest BCUT2D eigenvalue weighted by atomic mass is 35.5. The molecule has 0 aliphatic heterocycles. The van der Waals surface area contributed by atoms with Gasteiger partial charge in [-0.05, 0) is 25.5 Å². The zero-order chi connectivity index (χ0) is 13.1. The Labute approximate surface area is 117 Å². The molecule has 0 spiro atoms. The van der Waals surface area contributed by atoms with Gasteiger partial charge in [0.25, 0.3) is 0 Å². The molecule has 0 saturated heterocycles. The van der Waals surface area contributed by atoms with Crippen LogP contribution in [0.3, 0.4) is 0 Å². The summed E-state index contributed by atoms with van der Waals surface area (Å²) in [6.45, 7) is 4.10. The van der Waals surface area contributed by atoms with Gasteiger partial charge < -0.3 is 10.3 Å². The Morgan fingerprint density at radius 2 is 2.00 bits per heavy atom. The maximum atomic E-state index is 6.20. The topological polar surface area (TPSA) is 40.7 Å². The molecule has 5 heteroatoms. The van der Waals surface area contributed by atoms with Crippen LogP contribution in [0, 0.1) is 0 Å². The third-order valence-electron chi connectivity index (χ3n) is 2.88. The van der Waals surface area contributed by atoms with E-state index in [1.165, 1.54) is 0 Å². The van der Waals surface area contributed by atoms with Crippen LogP contribution < -0.4 is 5.32 Å². The fourth-order valence-corrected chi connectivity index (χ4v) is 2.38. The molecule has 1 aromatic heterocycles. The number of imidazole rings is 1. The number of rotatable bonds is 4. The van der Waals surface area contributed by atoms with Crippen LogP contribution in [0.4, 0.5) is 0 Å². The highest BCUT2D eigenvalue weighted by molar-refractivity contribution is 6.42. The lowest BCUT2D eigenvalue weighted by atomic mass is 10.1. The molecule has 0 bridgehead atoms. The van der Waals surface area contributed by atoms with Gasteiger partial charge in [0.05, 0.1) is 16.1 Å². The Morgan fingerprint density at radius 1 is 1.22 bits per heavy atom. The van der Waals surface area contributed by atoms with Crippen LogP contribution in [0.1, 0.15) is 37.3 Å². The summed E-state index contributed by atoms with van der Waals surface area (Å²) < 4.78 is 0. The lowest BCUT2D eigenvalue weighted by Gasteiger charge is -2.20. The monoisotopic (exact) mass is 283 g/mol. The molecule has 0 saturated carbocycles. The van der Waals surface area contributed by atoms with Crippen molar-refractivity contribution in [3.8, 4) is 0 Å². The summed E-state index contributed by atoms with van der Waals surface area (Å²) in [4.78, 5) is 7.31. The van der Waals surface area contributed by atoms with Gasteiger partial charge >= 0.3 is 0 Å². The second-order valence-corrected chi connectivity index (χ2v) is 5.01. The van der Waals surface area contributed by atoms with Crippen LogP contribution in [0.15, 0.2) is 30.6 Å². The summed E-state index contributed by atoms with van der Waals surface area (Å²) >= 11 is 12.2. The summed E-state index contributed by atoms with van der Waals surface area (Å²) in [6.07, 6.45) is 3.55. The third kappa shape index (κ3) is 2.86.